The summed E-state index contributed by atoms with van der Waals surface area (Å²) < 4.78 is 5.43. The first kappa shape index (κ1) is 11.3. The molecule has 0 bridgehead atoms. The molecule has 0 spiro atoms. The third-order valence-corrected chi connectivity index (χ3v) is 3.24. The number of methoxy groups -OCH3 is 1. The molecule has 2 rings (SSSR count). The fraction of sp³-hybridized carbons (Fsp3) is 0.467. The van der Waals surface area contributed by atoms with Crippen LogP contribution in [0.25, 0.3) is 5.57 Å². The van der Waals surface area contributed by atoms with Crippen molar-refractivity contribution in [1.82, 2.24) is 0 Å². The van der Waals surface area contributed by atoms with Gasteiger partial charge in [0.15, 0.2) is 0 Å². The summed E-state index contributed by atoms with van der Waals surface area (Å²) in [6.45, 7) is 0. The molecule has 1 aromatic rings. The maximum absolute atomic E-state index is 5.43. The van der Waals surface area contributed by atoms with Gasteiger partial charge in [0.2, 0.25) is 0 Å². The van der Waals surface area contributed by atoms with Crippen molar-refractivity contribution in [2.75, 3.05) is 7.11 Å². The molecule has 0 heterocycles. The Bertz CT molecular complexity index is 365. The van der Waals surface area contributed by atoms with Gasteiger partial charge in [0.25, 0.3) is 0 Å². The fourth-order valence-electron chi connectivity index (χ4n) is 2.35. The van der Waals surface area contributed by atoms with Crippen LogP contribution >= 0.6 is 0 Å². The van der Waals surface area contributed by atoms with Crippen LogP contribution in [-0.4, -0.2) is 7.11 Å². The lowest BCUT2D eigenvalue weighted by molar-refractivity contribution is 0.413. The average molecular weight is 216 g/mol. The second-order valence-corrected chi connectivity index (χ2v) is 4.38. The van der Waals surface area contributed by atoms with E-state index >= 15 is 0 Å². The Kier molecular flexibility index (Phi) is 4.03. The molecule has 0 fully saturated rings. The van der Waals surface area contributed by atoms with Crippen molar-refractivity contribution < 1.29 is 4.74 Å². The van der Waals surface area contributed by atoms with Crippen LogP contribution in [0, 0.1) is 0 Å². The molecule has 0 aliphatic heterocycles. The summed E-state index contributed by atoms with van der Waals surface area (Å²) in [6.07, 6.45) is 10.2. The van der Waals surface area contributed by atoms with E-state index in [2.05, 4.69) is 24.3 Å². The summed E-state index contributed by atoms with van der Waals surface area (Å²) >= 11 is 0. The molecule has 0 amide bonds. The minimum absolute atomic E-state index is 1.01. The van der Waals surface area contributed by atoms with E-state index < -0.39 is 0 Å². The summed E-state index contributed by atoms with van der Waals surface area (Å²) in [7, 11) is 1.75. The Hall–Kier alpha value is -1.24. The zero-order valence-corrected chi connectivity index (χ0v) is 10.0. The van der Waals surface area contributed by atoms with E-state index in [1.807, 2.05) is 6.07 Å². The standard InChI is InChI=1S/C15H20O/c1-16-15-12-8-7-11-14(15)13-9-5-3-2-4-6-10-13/h7-9,11-12H,2-6,10H2,1H3. The van der Waals surface area contributed by atoms with Crippen molar-refractivity contribution >= 4 is 5.57 Å². The van der Waals surface area contributed by atoms with Gasteiger partial charge in [0, 0.05) is 5.56 Å². The third-order valence-electron chi connectivity index (χ3n) is 3.24. The minimum atomic E-state index is 1.01. The molecule has 0 unspecified atom stereocenters. The molecule has 0 saturated heterocycles. The molecule has 86 valence electrons. The van der Waals surface area contributed by atoms with Crippen molar-refractivity contribution in [2.24, 2.45) is 0 Å². The number of benzene rings is 1. The highest BCUT2D eigenvalue weighted by Gasteiger charge is 2.08. The monoisotopic (exact) mass is 216 g/mol. The Morgan fingerprint density at radius 2 is 1.81 bits per heavy atom. The third kappa shape index (κ3) is 2.66. The topological polar surface area (TPSA) is 9.23 Å². The van der Waals surface area contributed by atoms with Crippen LogP contribution in [0.1, 0.15) is 44.1 Å². The zero-order valence-electron chi connectivity index (χ0n) is 10.0. The number of allylic oxidation sites excluding steroid dienone is 2. The summed E-state index contributed by atoms with van der Waals surface area (Å²) in [5.41, 5.74) is 2.75. The van der Waals surface area contributed by atoms with E-state index in [-0.39, 0.29) is 0 Å². The summed E-state index contributed by atoms with van der Waals surface area (Å²) in [4.78, 5) is 0. The van der Waals surface area contributed by atoms with Gasteiger partial charge >= 0.3 is 0 Å². The van der Waals surface area contributed by atoms with Gasteiger partial charge in [-0.05, 0) is 37.3 Å². The van der Waals surface area contributed by atoms with Crippen molar-refractivity contribution in [2.45, 2.75) is 38.5 Å². The van der Waals surface area contributed by atoms with Gasteiger partial charge in [0.1, 0.15) is 5.75 Å². The fourth-order valence-corrected chi connectivity index (χ4v) is 2.35. The van der Waals surface area contributed by atoms with E-state index in [0.717, 1.165) is 5.75 Å². The first-order valence-corrected chi connectivity index (χ1v) is 6.24. The number of para-hydroxylation sites is 1. The molecule has 0 atom stereocenters. The van der Waals surface area contributed by atoms with Gasteiger partial charge in [-0.1, -0.05) is 37.1 Å². The van der Waals surface area contributed by atoms with Crippen LogP contribution in [0.4, 0.5) is 0 Å². The predicted octanol–water partition coefficient (Wildman–Crippen LogP) is 4.43. The Balaban J connectivity index is 2.26. The SMILES string of the molecule is COc1ccccc1C1=CCCCCCC1. The summed E-state index contributed by atoms with van der Waals surface area (Å²) in [6, 6.07) is 8.35. The van der Waals surface area contributed by atoms with Gasteiger partial charge in [-0.2, -0.15) is 0 Å². The first-order chi connectivity index (χ1) is 7.92. The van der Waals surface area contributed by atoms with Crippen LogP contribution in [0.2, 0.25) is 0 Å². The van der Waals surface area contributed by atoms with Gasteiger partial charge in [0.05, 0.1) is 7.11 Å². The molecule has 16 heavy (non-hydrogen) atoms. The number of hydrogen-bond donors (Lipinski definition) is 0. The molecule has 0 aromatic heterocycles. The quantitative estimate of drug-likeness (QED) is 0.710. The molecule has 0 radical (unpaired) electrons. The van der Waals surface area contributed by atoms with Crippen LogP contribution < -0.4 is 4.74 Å². The highest BCUT2D eigenvalue weighted by Crippen LogP contribution is 2.31. The van der Waals surface area contributed by atoms with Crippen LogP contribution in [-0.2, 0) is 0 Å². The first-order valence-electron chi connectivity index (χ1n) is 6.24. The maximum atomic E-state index is 5.43. The van der Waals surface area contributed by atoms with Gasteiger partial charge in [-0.15, -0.1) is 0 Å². The summed E-state index contributed by atoms with van der Waals surface area (Å²) in [5, 5.41) is 0. The van der Waals surface area contributed by atoms with E-state index in [4.69, 9.17) is 4.74 Å². The van der Waals surface area contributed by atoms with Crippen molar-refractivity contribution in [3.8, 4) is 5.75 Å². The number of rotatable bonds is 2. The predicted molar refractivity (Wildman–Crippen MR) is 68.7 cm³/mol. The molecular weight excluding hydrogens is 196 g/mol. The molecule has 1 aliphatic carbocycles. The normalized spacial score (nSPS) is 17.2. The Morgan fingerprint density at radius 1 is 1.00 bits per heavy atom. The largest absolute Gasteiger partial charge is 0.496 e. The van der Waals surface area contributed by atoms with E-state index in [9.17, 15) is 0 Å². The van der Waals surface area contributed by atoms with Crippen LogP contribution in [0.15, 0.2) is 30.3 Å². The molecule has 0 saturated carbocycles. The van der Waals surface area contributed by atoms with Crippen molar-refractivity contribution in [3.05, 3.63) is 35.9 Å². The summed E-state index contributed by atoms with van der Waals surface area (Å²) in [5.74, 6) is 1.01. The lowest BCUT2D eigenvalue weighted by atomic mass is 9.94. The molecular formula is C15H20O. The minimum Gasteiger partial charge on any atom is -0.496 e. The van der Waals surface area contributed by atoms with Crippen molar-refractivity contribution in [1.29, 1.82) is 0 Å². The Morgan fingerprint density at radius 3 is 2.69 bits per heavy atom. The van der Waals surface area contributed by atoms with Gasteiger partial charge in [-0.25, -0.2) is 0 Å². The molecule has 1 heteroatoms. The maximum Gasteiger partial charge on any atom is 0.126 e. The molecule has 1 nitrogen and oxygen atoms in total. The molecule has 1 aromatic carbocycles. The lowest BCUT2D eigenvalue weighted by Crippen LogP contribution is -1.94. The second kappa shape index (κ2) is 5.74. The number of ether oxygens (including phenoxy) is 1. The molecule has 0 N–H and O–H groups in total. The van der Waals surface area contributed by atoms with Crippen molar-refractivity contribution in [3.63, 3.8) is 0 Å². The van der Waals surface area contributed by atoms with Gasteiger partial charge < -0.3 is 4.74 Å². The van der Waals surface area contributed by atoms with E-state index in [1.54, 1.807) is 7.11 Å². The van der Waals surface area contributed by atoms with Crippen LogP contribution in [0.3, 0.4) is 0 Å². The van der Waals surface area contributed by atoms with Crippen LogP contribution in [0.5, 0.6) is 5.75 Å². The average Bonchev–Trinajstić information content (AvgIpc) is 2.29. The molecule has 1 aliphatic rings. The van der Waals surface area contributed by atoms with E-state index in [1.165, 1.54) is 49.7 Å². The smallest absolute Gasteiger partial charge is 0.126 e. The lowest BCUT2D eigenvalue weighted by Gasteiger charge is -2.14. The number of hydrogen-bond acceptors (Lipinski definition) is 1. The van der Waals surface area contributed by atoms with Gasteiger partial charge in [-0.3, -0.25) is 0 Å². The zero-order chi connectivity index (χ0) is 11.2. The van der Waals surface area contributed by atoms with E-state index in [0.29, 0.717) is 0 Å². The second-order valence-electron chi connectivity index (χ2n) is 4.38. The highest BCUT2D eigenvalue weighted by atomic mass is 16.5. The Labute approximate surface area is 98.1 Å². The highest BCUT2D eigenvalue weighted by molar-refractivity contribution is 5.70.